The average molecular weight is 411 g/mol. The number of nitrogens with one attached hydrogen (secondary N) is 2. The van der Waals surface area contributed by atoms with Crippen molar-refractivity contribution in [1.29, 1.82) is 0 Å². The van der Waals surface area contributed by atoms with Gasteiger partial charge in [0.1, 0.15) is 5.75 Å². The minimum absolute atomic E-state index is 0.119. The van der Waals surface area contributed by atoms with Gasteiger partial charge in [0.2, 0.25) is 5.91 Å². The van der Waals surface area contributed by atoms with Crippen molar-refractivity contribution >= 4 is 51.5 Å². The van der Waals surface area contributed by atoms with Crippen molar-refractivity contribution in [3.63, 3.8) is 0 Å². The number of fused-ring (bicyclic) bond motifs is 1. The van der Waals surface area contributed by atoms with Gasteiger partial charge in [-0.3, -0.25) is 9.59 Å². The molecule has 3 aromatic rings. The molecule has 0 fully saturated rings. The van der Waals surface area contributed by atoms with Gasteiger partial charge in [-0.2, -0.15) is 0 Å². The number of phenols is 1. The van der Waals surface area contributed by atoms with Gasteiger partial charge in [-0.25, -0.2) is 4.79 Å². The van der Waals surface area contributed by atoms with Crippen LogP contribution in [0.5, 0.6) is 5.75 Å². The molecule has 0 saturated heterocycles. The molecule has 8 heteroatoms. The molecule has 0 spiro atoms. The quantitative estimate of drug-likeness (QED) is 0.474. The van der Waals surface area contributed by atoms with Crippen LogP contribution in [0.3, 0.4) is 0 Å². The number of rotatable bonds is 5. The van der Waals surface area contributed by atoms with Gasteiger partial charge < -0.3 is 20.8 Å². The highest BCUT2D eigenvalue weighted by molar-refractivity contribution is 6.34. The second kappa shape index (κ2) is 8.45. The lowest BCUT2D eigenvalue weighted by atomic mass is 10.0. The number of carboxylic acid groups (broad SMARTS) is 1. The van der Waals surface area contributed by atoms with Gasteiger partial charge >= 0.3 is 5.97 Å². The molecule has 2 amide bonds. The summed E-state index contributed by atoms with van der Waals surface area (Å²) in [4.78, 5) is 35.0. The van der Waals surface area contributed by atoms with Crippen molar-refractivity contribution < 1.29 is 24.6 Å². The lowest BCUT2D eigenvalue weighted by molar-refractivity contribution is -0.131. The van der Waals surface area contributed by atoms with Gasteiger partial charge in [-0.05, 0) is 35.0 Å². The van der Waals surface area contributed by atoms with E-state index in [1.54, 1.807) is 18.2 Å². The molecule has 146 valence electrons. The summed E-state index contributed by atoms with van der Waals surface area (Å²) >= 11 is 6.05. The standard InChI is InChI=1S/C21H15ClN2O5/c22-15-7-6-13(11-16(15)24-18(26)9-10-19(27)28)23-21(29)20-14-4-2-1-3-12(14)5-8-17(20)25/h1-11,25H,(H,23,29)(H,24,26)(H,27,28)/b10-9+. The lowest BCUT2D eigenvalue weighted by Gasteiger charge is -2.12. The molecule has 0 aliphatic heterocycles. The number of anilines is 2. The lowest BCUT2D eigenvalue weighted by Crippen LogP contribution is -2.14. The monoisotopic (exact) mass is 410 g/mol. The van der Waals surface area contributed by atoms with Crippen LogP contribution in [0.2, 0.25) is 5.02 Å². The maximum absolute atomic E-state index is 12.8. The molecule has 4 N–H and O–H groups in total. The fourth-order valence-electron chi connectivity index (χ4n) is 2.71. The van der Waals surface area contributed by atoms with Crippen LogP contribution in [0.1, 0.15) is 10.4 Å². The SMILES string of the molecule is O=C(O)/C=C/C(=O)Nc1cc(NC(=O)c2c(O)ccc3ccccc23)ccc1Cl. The molecule has 7 nitrogen and oxygen atoms in total. The number of hydrogen-bond donors (Lipinski definition) is 4. The van der Waals surface area contributed by atoms with Crippen LogP contribution < -0.4 is 10.6 Å². The highest BCUT2D eigenvalue weighted by Gasteiger charge is 2.16. The Morgan fingerprint density at radius 3 is 2.45 bits per heavy atom. The van der Waals surface area contributed by atoms with Crippen LogP contribution in [0.15, 0.2) is 66.7 Å². The van der Waals surface area contributed by atoms with Crippen molar-refractivity contribution in [2.24, 2.45) is 0 Å². The molecular formula is C21H15ClN2O5. The minimum Gasteiger partial charge on any atom is -0.507 e. The summed E-state index contributed by atoms with van der Waals surface area (Å²) in [6, 6.07) is 14.7. The summed E-state index contributed by atoms with van der Waals surface area (Å²) in [5.41, 5.74) is 0.629. The molecule has 0 atom stereocenters. The average Bonchev–Trinajstić information content (AvgIpc) is 2.68. The second-order valence-corrected chi connectivity index (χ2v) is 6.40. The van der Waals surface area contributed by atoms with Crippen molar-refractivity contribution in [3.8, 4) is 5.75 Å². The van der Waals surface area contributed by atoms with Crippen LogP contribution in [-0.2, 0) is 9.59 Å². The van der Waals surface area contributed by atoms with Gasteiger partial charge in [0.15, 0.2) is 0 Å². The number of aromatic hydroxyl groups is 1. The van der Waals surface area contributed by atoms with Crippen LogP contribution in [0.4, 0.5) is 11.4 Å². The van der Waals surface area contributed by atoms with E-state index < -0.39 is 17.8 Å². The topological polar surface area (TPSA) is 116 Å². The highest BCUT2D eigenvalue weighted by Crippen LogP contribution is 2.30. The molecule has 0 radical (unpaired) electrons. The Kier molecular flexibility index (Phi) is 5.80. The Morgan fingerprint density at radius 2 is 1.69 bits per heavy atom. The van der Waals surface area contributed by atoms with E-state index in [9.17, 15) is 19.5 Å². The number of amides is 2. The normalized spacial score (nSPS) is 10.8. The van der Waals surface area contributed by atoms with Crippen molar-refractivity contribution in [2.45, 2.75) is 0 Å². The molecule has 0 bridgehead atoms. The minimum atomic E-state index is -1.26. The van der Waals surface area contributed by atoms with E-state index in [4.69, 9.17) is 16.7 Å². The van der Waals surface area contributed by atoms with E-state index in [0.717, 1.165) is 11.5 Å². The number of carboxylic acids is 1. The van der Waals surface area contributed by atoms with E-state index in [-0.39, 0.29) is 22.0 Å². The van der Waals surface area contributed by atoms with Gasteiger partial charge in [0.25, 0.3) is 5.91 Å². The Hall–Kier alpha value is -3.84. The fraction of sp³-hybridized carbons (Fsp3) is 0. The Bertz CT molecular complexity index is 1160. The number of phenolic OH excluding ortho intramolecular Hbond substituents is 1. The zero-order valence-electron chi connectivity index (χ0n) is 14.8. The van der Waals surface area contributed by atoms with E-state index >= 15 is 0 Å². The van der Waals surface area contributed by atoms with Crippen LogP contribution in [0, 0.1) is 0 Å². The Labute approximate surface area is 170 Å². The fourth-order valence-corrected chi connectivity index (χ4v) is 2.88. The predicted octanol–water partition coefficient (Wildman–Crippen LogP) is 4.03. The molecular weight excluding hydrogens is 396 g/mol. The summed E-state index contributed by atoms with van der Waals surface area (Å²) in [5, 5.41) is 25.4. The third-order valence-electron chi connectivity index (χ3n) is 3.99. The Balaban J connectivity index is 1.86. The maximum atomic E-state index is 12.8. The van der Waals surface area contributed by atoms with Crippen molar-refractivity contribution in [2.75, 3.05) is 10.6 Å². The number of benzene rings is 3. The zero-order valence-corrected chi connectivity index (χ0v) is 15.6. The first-order valence-electron chi connectivity index (χ1n) is 8.39. The highest BCUT2D eigenvalue weighted by atomic mass is 35.5. The number of halogens is 1. The van der Waals surface area contributed by atoms with E-state index in [1.165, 1.54) is 24.3 Å². The number of carbonyl (C=O) groups excluding carboxylic acids is 2. The largest absolute Gasteiger partial charge is 0.507 e. The molecule has 3 aromatic carbocycles. The Morgan fingerprint density at radius 1 is 0.931 bits per heavy atom. The first-order chi connectivity index (χ1) is 13.8. The summed E-state index contributed by atoms with van der Waals surface area (Å²) in [7, 11) is 0. The molecule has 3 rings (SSSR count). The van der Waals surface area contributed by atoms with Gasteiger partial charge in [-0.15, -0.1) is 0 Å². The van der Waals surface area contributed by atoms with Crippen molar-refractivity contribution in [3.05, 3.63) is 77.3 Å². The van der Waals surface area contributed by atoms with Gasteiger partial charge in [0.05, 0.1) is 16.3 Å². The molecule has 0 aliphatic rings. The van der Waals surface area contributed by atoms with Crippen molar-refractivity contribution in [1.82, 2.24) is 0 Å². The first-order valence-corrected chi connectivity index (χ1v) is 8.76. The summed E-state index contributed by atoms with van der Waals surface area (Å²) < 4.78 is 0. The smallest absolute Gasteiger partial charge is 0.328 e. The molecule has 0 unspecified atom stereocenters. The van der Waals surface area contributed by atoms with Gasteiger partial charge in [0, 0.05) is 17.8 Å². The van der Waals surface area contributed by atoms with E-state index in [1.807, 2.05) is 12.1 Å². The number of hydrogen-bond acceptors (Lipinski definition) is 4. The third-order valence-corrected chi connectivity index (χ3v) is 4.32. The van der Waals surface area contributed by atoms with E-state index in [0.29, 0.717) is 17.1 Å². The number of carbonyl (C=O) groups is 3. The van der Waals surface area contributed by atoms with E-state index in [2.05, 4.69) is 10.6 Å². The summed E-state index contributed by atoms with van der Waals surface area (Å²) in [5.74, 6) is -2.65. The molecule has 0 heterocycles. The zero-order chi connectivity index (χ0) is 21.0. The van der Waals surface area contributed by atoms with Gasteiger partial charge in [-0.1, -0.05) is 41.9 Å². The maximum Gasteiger partial charge on any atom is 0.328 e. The molecule has 0 aliphatic carbocycles. The molecule has 29 heavy (non-hydrogen) atoms. The van der Waals surface area contributed by atoms with Crippen LogP contribution in [-0.4, -0.2) is 28.0 Å². The number of aliphatic carboxylic acids is 1. The third kappa shape index (κ3) is 4.72. The first kappa shape index (κ1) is 19.9. The summed E-state index contributed by atoms with van der Waals surface area (Å²) in [6.07, 6.45) is 1.54. The van der Waals surface area contributed by atoms with Crippen LogP contribution in [0.25, 0.3) is 10.8 Å². The van der Waals surface area contributed by atoms with Crippen LogP contribution >= 0.6 is 11.6 Å². The predicted molar refractivity (Wildman–Crippen MR) is 110 cm³/mol. The second-order valence-electron chi connectivity index (χ2n) is 5.99. The molecule has 0 saturated carbocycles. The molecule has 0 aromatic heterocycles. The summed E-state index contributed by atoms with van der Waals surface area (Å²) in [6.45, 7) is 0.